The molecular formula is C26H51NO. The van der Waals surface area contributed by atoms with Gasteiger partial charge in [0.2, 0.25) is 0 Å². The Morgan fingerprint density at radius 3 is 1.86 bits per heavy atom. The predicted octanol–water partition coefficient (Wildman–Crippen LogP) is 7.94. The first kappa shape index (κ1) is 27.4. The molecule has 0 N–H and O–H groups in total. The van der Waals surface area contributed by atoms with Gasteiger partial charge >= 0.3 is 0 Å². The van der Waals surface area contributed by atoms with Gasteiger partial charge < -0.3 is 9.64 Å². The lowest BCUT2D eigenvalue weighted by atomic mass is 10.1. The van der Waals surface area contributed by atoms with E-state index in [1.54, 1.807) is 0 Å². The summed E-state index contributed by atoms with van der Waals surface area (Å²) in [4.78, 5) is 2.31. The van der Waals surface area contributed by atoms with Gasteiger partial charge in [0.25, 0.3) is 0 Å². The van der Waals surface area contributed by atoms with Crippen molar-refractivity contribution in [1.82, 2.24) is 4.90 Å². The molecule has 0 aromatic rings. The molecule has 0 rings (SSSR count). The minimum Gasteiger partial charge on any atom is -0.380 e. The molecule has 2 heteroatoms. The van der Waals surface area contributed by atoms with Gasteiger partial charge in [-0.2, -0.15) is 0 Å². The minimum absolute atomic E-state index is 0.588. The molecule has 0 saturated heterocycles. The number of unbranched alkanes of at least 4 members (excludes halogenated alkanes) is 10. The van der Waals surface area contributed by atoms with Gasteiger partial charge in [-0.15, -0.1) is 0 Å². The van der Waals surface area contributed by atoms with Crippen LogP contribution < -0.4 is 0 Å². The molecule has 0 aromatic heterocycles. The molecule has 1 unspecified atom stereocenters. The molecule has 0 radical (unpaired) electrons. The van der Waals surface area contributed by atoms with Gasteiger partial charge in [-0.1, -0.05) is 89.5 Å². The smallest absolute Gasteiger partial charge is 0.0621 e. The summed E-state index contributed by atoms with van der Waals surface area (Å²) in [5.41, 5.74) is 0. The van der Waals surface area contributed by atoms with Crippen molar-refractivity contribution in [1.29, 1.82) is 0 Å². The second-order valence-electron chi connectivity index (χ2n) is 8.42. The van der Waals surface area contributed by atoms with E-state index in [-0.39, 0.29) is 0 Å². The van der Waals surface area contributed by atoms with Crippen LogP contribution in [-0.4, -0.2) is 38.3 Å². The fraction of sp³-hybridized carbons (Fsp3) is 0.846. The molecule has 0 aliphatic carbocycles. The maximum Gasteiger partial charge on any atom is 0.0621 e. The summed E-state index contributed by atoms with van der Waals surface area (Å²) in [7, 11) is 4.34. The standard InChI is InChI=1S/C26H51NO/c1-5-7-9-10-11-12-13-14-15-16-17-18-19-20-21-22-24-28-25-26(27(3)4)23-8-6-2/h11-12,14-15,26H,5-10,13,16-25H2,1-4H3. The monoisotopic (exact) mass is 393 g/mol. The SMILES string of the molecule is CCCCCC=CCC=CCCCCCCCCOCC(CCCC)N(C)C. The Labute approximate surface area is 177 Å². The highest BCUT2D eigenvalue weighted by atomic mass is 16.5. The molecule has 0 spiro atoms. The summed E-state index contributed by atoms with van der Waals surface area (Å²) in [5.74, 6) is 0. The molecule has 0 aliphatic rings. The van der Waals surface area contributed by atoms with Crippen LogP contribution in [0.5, 0.6) is 0 Å². The highest BCUT2D eigenvalue weighted by Crippen LogP contribution is 2.10. The Morgan fingerprint density at radius 1 is 0.679 bits per heavy atom. The van der Waals surface area contributed by atoms with Crippen molar-refractivity contribution < 1.29 is 4.74 Å². The Kier molecular flexibility index (Phi) is 22.2. The van der Waals surface area contributed by atoms with E-state index in [1.165, 1.54) is 89.9 Å². The second-order valence-corrected chi connectivity index (χ2v) is 8.42. The average molecular weight is 394 g/mol. The molecule has 0 aromatic carbocycles. The van der Waals surface area contributed by atoms with Crippen LogP contribution in [0, 0.1) is 0 Å². The van der Waals surface area contributed by atoms with E-state index in [9.17, 15) is 0 Å². The van der Waals surface area contributed by atoms with Crippen LogP contribution in [0.4, 0.5) is 0 Å². The van der Waals surface area contributed by atoms with Crippen molar-refractivity contribution in [3.05, 3.63) is 24.3 Å². The van der Waals surface area contributed by atoms with Gasteiger partial charge in [-0.05, 0) is 59.0 Å². The quantitative estimate of drug-likeness (QED) is 0.145. The maximum absolute atomic E-state index is 5.92. The molecule has 0 amide bonds. The van der Waals surface area contributed by atoms with Crippen LogP contribution in [-0.2, 0) is 4.74 Å². The summed E-state index contributed by atoms with van der Waals surface area (Å²) in [6, 6.07) is 0.588. The first-order valence-corrected chi connectivity index (χ1v) is 12.3. The highest BCUT2D eigenvalue weighted by Gasteiger charge is 2.10. The Bertz CT molecular complexity index is 348. The Hall–Kier alpha value is -0.600. The highest BCUT2D eigenvalue weighted by molar-refractivity contribution is 4.92. The zero-order chi connectivity index (χ0) is 20.7. The number of rotatable bonds is 21. The predicted molar refractivity (Wildman–Crippen MR) is 127 cm³/mol. The minimum atomic E-state index is 0.588. The molecule has 0 bridgehead atoms. The van der Waals surface area contributed by atoms with Gasteiger partial charge in [-0.3, -0.25) is 0 Å². The third kappa shape index (κ3) is 20.1. The van der Waals surface area contributed by atoms with Gasteiger partial charge in [0.15, 0.2) is 0 Å². The number of likely N-dealkylation sites (N-methyl/N-ethyl adjacent to an activating group) is 1. The summed E-state index contributed by atoms with van der Waals surface area (Å²) in [5, 5.41) is 0. The van der Waals surface area contributed by atoms with Crippen LogP contribution in [0.25, 0.3) is 0 Å². The van der Waals surface area contributed by atoms with E-state index in [2.05, 4.69) is 57.1 Å². The molecule has 1 atom stereocenters. The zero-order valence-electron chi connectivity index (χ0n) is 19.8. The lowest BCUT2D eigenvalue weighted by Crippen LogP contribution is -2.32. The lowest BCUT2D eigenvalue weighted by molar-refractivity contribution is 0.0723. The van der Waals surface area contributed by atoms with Crippen molar-refractivity contribution in [3.8, 4) is 0 Å². The first-order chi connectivity index (χ1) is 13.7. The van der Waals surface area contributed by atoms with Crippen molar-refractivity contribution in [3.63, 3.8) is 0 Å². The largest absolute Gasteiger partial charge is 0.380 e. The summed E-state index contributed by atoms with van der Waals surface area (Å²) in [6.45, 7) is 6.36. The molecule has 28 heavy (non-hydrogen) atoms. The second kappa shape index (κ2) is 22.7. The molecule has 0 heterocycles. The van der Waals surface area contributed by atoms with Gasteiger partial charge in [-0.25, -0.2) is 0 Å². The average Bonchev–Trinajstić information content (AvgIpc) is 2.69. The van der Waals surface area contributed by atoms with Crippen LogP contribution in [0.2, 0.25) is 0 Å². The van der Waals surface area contributed by atoms with Crippen LogP contribution >= 0.6 is 0 Å². The van der Waals surface area contributed by atoms with Crippen LogP contribution in [0.3, 0.4) is 0 Å². The topological polar surface area (TPSA) is 12.5 Å². The first-order valence-electron chi connectivity index (χ1n) is 12.3. The number of hydrogen-bond acceptors (Lipinski definition) is 2. The van der Waals surface area contributed by atoms with E-state index in [4.69, 9.17) is 4.74 Å². The Balaban J connectivity index is 3.33. The molecule has 2 nitrogen and oxygen atoms in total. The molecule has 166 valence electrons. The number of nitrogens with zero attached hydrogens (tertiary/aromatic N) is 1. The summed E-state index contributed by atoms with van der Waals surface area (Å²) >= 11 is 0. The lowest BCUT2D eigenvalue weighted by Gasteiger charge is -2.24. The molecular weight excluding hydrogens is 342 g/mol. The Morgan fingerprint density at radius 2 is 1.25 bits per heavy atom. The zero-order valence-corrected chi connectivity index (χ0v) is 19.8. The van der Waals surface area contributed by atoms with E-state index >= 15 is 0 Å². The van der Waals surface area contributed by atoms with Gasteiger partial charge in [0, 0.05) is 12.6 Å². The van der Waals surface area contributed by atoms with Crippen LogP contribution in [0.1, 0.15) is 110 Å². The van der Waals surface area contributed by atoms with Crippen molar-refractivity contribution in [2.75, 3.05) is 27.3 Å². The van der Waals surface area contributed by atoms with Crippen LogP contribution in [0.15, 0.2) is 24.3 Å². The number of allylic oxidation sites excluding steroid dienone is 4. The molecule has 0 fully saturated rings. The van der Waals surface area contributed by atoms with Crippen molar-refractivity contribution in [2.24, 2.45) is 0 Å². The van der Waals surface area contributed by atoms with E-state index in [1.807, 2.05) is 0 Å². The summed E-state index contributed by atoms with van der Waals surface area (Å²) in [6.07, 6.45) is 28.8. The fourth-order valence-corrected chi connectivity index (χ4v) is 3.34. The van der Waals surface area contributed by atoms with Crippen molar-refractivity contribution >= 4 is 0 Å². The van der Waals surface area contributed by atoms with E-state index in [0.717, 1.165) is 19.6 Å². The van der Waals surface area contributed by atoms with Crippen molar-refractivity contribution in [2.45, 2.75) is 116 Å². The molecule has 0 saturated carbocycles. The number of ether oxygens (including phenoxy) is 1. The molecule has 0 aliphatic heterocycles. The van der Waals surface area contributed by atoms with E-state index in [0.29, 0.717) is 6.04 Å². The maximum atomic E-state index is 5.92. The van der Waals surface area contributed by atoms with Gasteiger partial charge in [0.05, 0.1) is 6.61 Å². The number of hydrogen-bond donors (Lipinski definition) is 0. The third-order valence-corrected chi connectivity index (χ3v) is 5.42. The summed E-state index contributed by atoms with van der Waals surface area (Å²) < 4.78 is 5.92. The normalized spacial score (nSPS) is 13.3. The van der Waals surface area contributed by atoms with Gasteiger partial charge in [0.1, 0.15) is 0 Å². The fourth-order valence-electron chi connectivity index (χ4n) is 3.34. The third-order valence-electron chi connectivity index (χ3n) is 5.42. The van der Waals surface area contributed by atoms with E-state index < -0.39 is 0 Å².